The van der Waals surface area contributed by atoms with Gasteiger partial charge >= 0.3 is 0 Å². The Morgan fingerprint density at radius 3 is 2.78 bits per heavy atom. The van der Waals surface area contributed by atoms with Gasteiger partial charge in [0.2, 0.25) is 0 Å². The molecular weight excluding hydrogens is 226 g/mol. The van der Waals surface area contributed by atoms with E-state index in [0.717, 1.165) is 30.5 Å². The number of benzene rings is 1. The predicted molar refractivity (Wildman–Crippen MR) is 68.2 cm³/mol. The van der Waals surface area contributed by atoms with E-state index in [4.69, 9.17) is 4.42 Å². The number of amides is 1. The number of hydrogen-bond donors (Lipinski definition) is 0. The second-order valence-electron chi connectivity index (χ2n) is 4.58. The fourth-order valence-corrected chi connectivity index (χ4v) is 2.57. The van der Waals surface area contributed by atoms with Crippen molar-refractivity contribution in [2.24, 2.45) is 0 Å². The molecule has 1 aliphatic heterocycles. The molecule has 1 aromatic carbocycles. The molecule has 3 nitrogen and oxygen atoms in total. The monoisotopic (exact) mass is 241 g/mol. The summed E-state index contributed by atoms with van der Waals surface area (Å²) >= 11 is 0. The van der Waals surface area contributed by atoms with E-state index < -0.39 is 0 Å². The molecule has 1 aromatic heterocycles. The second-order valence-corrected chi connectivity index (χ2v) is 4.58. The van der Waals surface area contributed by atoms with E-state index in [1.54, 1.807) is 12.5 Å². The number of nitrogens with zero attached hydrogens (tertiary/aromatic N) is 1. The van der Waals surface area contributed by atoms with Crippen LogP contribution in [0.1, 0.15) is 34.8 Å². The van der Waals surface area contributed by atoms with Gasteiger partial charge in [-0.15, -0.1) is 0 Å². The Hall–Kier alpha value is -2.03. The summed E-state index contributed by atoms with van der Waals surface area (Å²) in [7, 11) is 0. The van der Waals surface area contributed by atoms with Gasteiger partial charge in [-0.1, -0.05) is 18.2 Å². The summed E-state index contributed by atoms with van der Waals surface area (Å²) in [6.07, 6.45) is 5.46. The van der Waals surface area contributed by atoms with Gasteiger partial charge in [0.15, 0.2) is 0 Å². The number of hydrogen-bond acceptors (Lipinski definition) is 2. The summed E-state index contributed by atoms with van der Waals surface area (Å²) in [6.45, 7) is 0.823. The van der Waals surface area contributed by atoms with Gasteiger partial charge in [-0.3, -0.25) is 4.79 Å². The Morgan fingerprint density at radius 1 is 1.22 bits per heavy atom. The molecule has 3 rings (SSSR count). The highest BCUT2D eigenvalue weighted by Crippen LogP contribution is 2.33. The lowest BCUT2D eigenvalue weighted by Crippen LogP contribution is -2.30. The topological polar surface area (TPSA) is 33.5 Å². The van der Waals surface area contributed by atoms with Gasteiger partial charge in [0.1, 0.15) is 0 Å². The minimum atomic E-state index is 0.110. The molecule has 0 aliphatic carbocycles. The van der Waals surface area contributed by atoms with Gasteiger partial charge in [-0.25, -0.2) is 0 Å². The SMILES string of the molecule is O=C(c1ccccc1)N1CCC[C@H]1c1ccoc1. The molecule has 92 valence electrons. The van der Waals surface area contributed by atoms with Gasteiger partial charge < -0.3 is 9.32 Å². The zero-order valence-electron chi connectivity index (χ0n) is 10.1. The molecule has 0 N–H and O–H groups in total. The van der Waals surface area contributed by atoms with Crippen LogP contribution < -0.4 is 0 Å². The van der Waals surface area contributed by atoms with Crippen molar-refractivity contribution in [1.29, 1.82) is 0 Å². The largest absolute Gasteiger partial charge is 0.472 e. The van der Waals surface area contributed by atoms with Crippen LogP contribution in [-0.2, 0) is 0 Å². The summed E-state index contributed by atoms with van der Waals surface area (Å²) in [5.41, 5.74) is 1.85. The lowest BCUT2D eigenvalue weighted by molar-refractivity contribution is 0.0735. The van der Waals surface area contributed by atoms with E-state index in [9.17, 15) is 4.79 Å². The smallest absolute Gasteiger partial charge is 0.254 e. The Kier molecular flexibility index (Phi) is 2.89. The van der Waals surface area contributed by atoms with Crippen molar-refractivity contribution in [2.45, 2.75) is 18.9 Å². The molecular formula is C15H15NO2. The third-order valence-electron chi connectivity index (χ3n) is 3.46. The third-order valence-corrected chi connectivity index (χ3v) is 3.46. The minimum Gasteiger partial charge on any atom is -0.472 e. The molecule has 0 unspecified atom stereocenters. The maximum absolute atomic E-state index is 12.4. The maximum atomic E-state index is 12.4. The average molecular weight is 241 g/mol. The average Bonchev–Trinajstić information content (AvgIpc) is 3.09. The first kappa shape index (κ1) is 11.1. The zero-order chi connectivity index (χ0) is 12.4. The number of rotatable bonds is 2. The van der Waals surface area contributed by atoms with Gasteiger partial charge in [-0.05, 0) is 31.0 Å². The molecule has 3 heteroatoms. The van der Waals surface area contributed by atoms with Crippen LogP contribution in [0.25, 0.3) is 0 Å². The molecule has 0 radical (unpaired) electrons. The molecule has 2 heterocycles. The number of furan rings is 1. The summed E-state index contributed by atoms with van der Waals surface area (Å²) in [4.78, 5) is 14.4. The minimum absolute atomic E-state index is 0.110. The summed E-state index contributed by atoms with van der Waals surface area (Å²) in [6, 6.07) is 11.6. The summed E-state index contributed by atoms with van der Waals surface area (Å²) < 4.78 is 5.12. The highest BCUT2D eigenvalue weighted by atomic mass is 16.3. The fourth-order valence-electron chi connectivity index (χ4n) is 2.57. The Labute approximate surface area is 106 Å². The van der Waals surface area contributed by atoms with Crippen molar-refractivity contribution in [3.63, 3.8) is 0 Å². The van der Waals surface area contributed by atoms with Crippen LogP contribution in [0, 0.1) is 0 Å². The fraction of sp³-hybridized carbons (Fsp3) is 0.267. The van der Waals surface area contributed by atoms with Gasteiger partial charge in [-0.2, -0.15) is 0 Å². The van der Waals surface area contributed by atoms with Gasteiger partial charge in [0.25, 0.3) is 5.91 Å². The van der Waals surface area contributed by atoms with Crippen LogP contribution in [-0.4, -0.2) is 17.4 Å². The van der Waals surface area contributed by atoms with Crippen LogP contribution in [0.15, 0.2) is 53.3 Å². The summed E-state index contributed by atoms with van der Waals surface area (Å²) in [5, 5.41) is 0. The molecule has 1 saturated heterocycles. The standard InChI is InChI=1S/C15H15NO2/c17-15(12-5-2-1-3-6-12)16-9-4-7-14(16)13-8-10-18-11-13/h1-3,5-6,8,10-11,14H,4,7,9H2/t14-/m0/s1. The highest BCUT2D eigenvalue weighted by Gasteiger charge is 2.30. The first-order valence-electron chi connectivity index (χ1n) is 6.24. The third kappa shape index (κ3) is 1.92. The van der Waals surface area contributed by atoms with Crippen molar-refractivity contribution < 1.29 is 9.21 Å². The number of carbonyl (C=O) groups excluding carboxylic acids is 1. The Bertz CT molecular complexity index is 519. The molecule has 1 amide bonds. The molecule has 1 fully saturated rings. The summed E-state index contributed by atoms with van der Waals surface area (Å²) in [5.74, 6) is 0.110. The van der Waals surface area contributed by atoms with Crippen LogP contribution >= 0.6 is 0 Å². The van der Waals surface area contributed by atoms with E-state index in [1.807, 2.05) is 41.3 Å². The van der Waals surface area contributed by atoms with E-state index in [2.05, 4.69) is 0 Å². The molecule has 0 bridgehead atoms. The zero-order valence-corrected chi connectivity index (χ0v) is 10.1. The van der Waals surface area contributed by atoms with Gasteiger partial charge in [0, 0.05) is 17.7 Å². The Morgan fingerprint density at radius 2 is 2.06 bits per heavy atom. The molecule has 0 saturated carbocycles. The Balaban J connectivity index is 1.85. The van der Waals surface area contributed by atoms with Crippen LogP contribution in [0.5, 0.6) is 0 Å². The van der Waals surface area contributed by atoms with E-state index >= 15 is 0 Å². The molecule has 18 heavy (non-hydrogen) atoms. The molecule has 1 aliphatic rings. The van der Waals surface area contributed by atoms with Crippen molar-refractivity contribution in [1.82, 2.24) is 4.90 Å². The lowest BCUT2D eigenvalue weighted by atomic mass is 10.1. The highest BCUT2D eigenvalue weighted by molar-refractivity contribution is 5.94. The lowest BCUT2D eigenvalue weighted by Gasteiger charge is -2.23. The van der Waals surface area contributed by atoms with Crippen molar-refractivity contribution in [2.75, 3.05) is 6.54 Å². The van der Waals surface area contributed by atoms with Crippen LogP contribution in [0.4, 0.5) is 0 Å². The predicted octanol–water partition coefficient (Wildman–Crippen LogP) is 3.26. The van der Waals surface area contributed by atoms with Crippen molar-refractivity contribution in [3.8, 4) is 0 Å². The number of carbonyl (C=O) groups is 1. The van der Waals surface area contributed by atoms with Crippen molar-refractivity contribution in [3.05, 3.63) is 60.1 Å². The first-order chi connectivity index (χ1) is 8.86. The maximum Gasteiger partial charge on any atom is 0.254 e. The molecule has 2 aromatic rings. The molecule has 1 atom stereocenters. The van der Waals surface area contributed by atoms with E-state index in [1.165, 1.54) is 0 Å². The van der Waals surface area contributed by atoms with Crippen LogP contribution in [0.2, 0.25) is 0 Å². The van der Waals surface area contributed by atoms with Crippen molar-refractivity contribution >= 4 is 5.91 Å². The quantitative estimate of drug-likeness (QED) is 0.808. The second kappa shape index (κ2) is 4.69. The van der Waals surface area contributed by atoms with Crippen LogP contribution in [0.3, 0.4) is 0 Å². The molecule has 0 spiro atoms. The van der Waals surface area contributed by atoms with E-state index in [-0.39, 0.29) is 11.9 Å². The van der Waals surface area contributed by atoms with Gasteiger partial charge in [0.05, 0.1) is 18.6 Å². The normalized spacial score (nSPS) is 19.1. The number of likely N-dealkylation sites (tertiary alicyclic amines) is 1. The van der Waals surface area contributed by atoms with E-state index in [0.29, 0.717) is 0 Å². The first-order valence-corrected chi connectivity index (χ1v) is 6.24.